The van der Waals surface area contributed by atoms with Gasteiger partial charge < -0.3 is 10.5 Å². The summed E-state index contributed by atoms with van der Waals surface area (Å²) in [6, 6.07) is 7.30. The van der Waals surface area contributed by atoms with Crippen LogP contribution >= 0.6 is 27.5 Å². The van der Waals surface area contributed by atoms with Gasteiger partial charge in [0, 0.05) is 0 Å². The molecule has 1 heterocycles. The summed E-state index contributed by atoms with van der Waals surface area (Å²) in [5.74, 6) is 1.04. The zero-order valence-electron chi connectivity index (χ0n) is 9.08. The Balaban J connectivity index is 2.38. The molecule has 0 fully saturated rings. The summed E-state index contributed by atoms with van der Waals surface area (Å²) in [7, 11) is 0. The van der Waals surface area contributed by atoms with E-state index in [1.165, 1.54) is 6.20 Å². The molecule has 0 radical (unpaired) electrons. The van der Waals surface area contributed by atoms with E-state index in [1.54, 1.807) is 12.1 Å². The van der Waals surface area contributed by atoms with Gasteiger partial charge in [-0.05, 0) is 40.5 Å². The molecular formula is C12H10BrClN2O. The van der Waals surface area contributed by atoms with Gasteiger partial charge in [-0.1, -0.05) is 23.7 Å². The number of nitrogen functional groups attached to an aromatic ring is 1. The van der Waals surface area contributed by atoms with Crippen LogP contribution in [0, 0.1) is 6.92 Å². The number of nitrogens with zero attached hydrogens (tertiary/aromatic N) is 1. The molecule has 0 atom stereocenters. The molecule has 3 nitrogen and oxygen atoms in total. The Morgan fingerprint density at radius 3 is 2.82 bits per heavy atom. The molecule has 17 heavy (non-hydrogen) atoms. The minimum absolute atomic E-state index is 0.440. The summed E-state index contributed by atoms with van der Waals surface area (Å²) >= 11 is 9.41. The van der Waals surface area contributed by atoms with Crippen LogP contribution in [0.5, 0.6) is 11.6 Å². The zero-order chi connectivity index (χ0) is 12.4. The summed E-state index contributed by atoms with van der Waals surface area (Å²) in [4.78, 5) is 4.10. The number of ether oxygens (including phenoxy) is 1. The van der Waals surface area contributed by atoms with Gasteiger partial charge in [0.1, 0.15) is 0 Å². The predicted octanol–water partition coefficient (Wildman–Crippen LogP) is 4.18. The van der Waals surface area contributed by atoms with E-state index in [4.69, 9.17) is 22.1 Å². The smallest absolute Gasteiger partial charge is 0.233 e. The number of nitrogens with two attached hydrogens (primary N) is 1. The highest BCUT2D eigenvalue weighted by atomic mass is 79.9. The summed E-state index contributed by atoms with van der Waals surface area (Å²) in [5, 5.41) is 0.551. The van der Waals surface area contributed by atoms with E-state index in [2.05, 4.69) is 20.9 Å². The Bertz CT molecular complexity index is 540. The van der Waals surface area contributed by atoms with Crippen LogP contribution < -0.4 is 10.5 Å². The van der Waals surface area contributed by atoms with Gasteiger partial charge in [0.15, 0.2) is 5.75 Å². The van der Waals surface area contributed by atoms with Crippen molar-refractivity contribution in [3.8, 4) is 11.6 Å². The van der Waals surface area contributed by atoms with Gasteiger partial charge in [-0.2, -0.15) is 0 Å². The molecule has 5 heteroatoms. The molecule has 0 amide bonds. The highest BCUT2D eigenvalue weighted by Gasteiger charge is 2.10. The van der Waals surface area contributed by atoms with Crippen molar-refractivity contribution in [1.29, 1.82) is 0 Å². The minimum atomic E-state index is 0.440. The summed E-state index contributed by atoms with van der Waals surface area (Å²) in [6.07, 6.45) is 1.53. The maximum atomic E-state index is 6.07. The number of aromatic nitrogens is 1. The average molecular weight is 314 g/mol. The highest BCUT2D eigenvalue weighted by Crippen LogP contribution is 2.35. The van der Waals surface area contributed by atoms with Crippen molar-refractivity contribution in [2.24, 2.45) is 0 Å². The number of hydrogen-bond donors (Lipinski definition) is 1. The van der Waals surface area contributed by atoms with Crippen molar-refractivity contribution in [2.45, 2.75) is 6.92 Å². The Morgan fingerprint density at radius 1 is 1.41 bits per heavy atom. The first-order valence-corrected chi connectivity index (χ1v) is 6.09. The van der Waals surface area contributed by atoms with Crippen molar-refractivity contribution in [3.63, 3.8) is 0 Å². The number of halogens is 2. The topological polar surface area (TPSA) is 48.1 Å². The third-order valence-electron chi connectivity index (χ3n) is 2.19. The molecule has 0 bridgehead atoms. The number of anilines is 1. The molecule has 2 rings (SSSR count). The lowest BCUT2D eigenvalue weighted by Gasteiger charge is -2.10. The summed E-state index contributed by atoms with van der Waals surface area (Å²) in [5.41, 5.74) is 7.12. The van der Waals surface area contributed by atoms with E-state index in [-0.39, 0.29) is 0 Å². The number of rotatable bonds is 2. The van der Waals surface area contributed by atoms with Gasteiger partial charge in [0.05, 0.1) is 21.4 Å². The molecule has 2 aromatic rings. The van der Waals surface area contributed by atoms with Crippen LogP contribution in [-0.2, 0) is 0 Å². The standard InChI is InChI=1S/C12H10BrClN2O/c1-7-3-2-4-10(14)11(7)17-12-9(13)5-8(15)6-16-12/h2-6H,15H2,1H3. The normalized spacial score (nSPS) is 10.3. The molecule has 1 aromatic heterocycles. The third kappa shape index (κ3) is 2.70. The van der Waals surface area contributed by atoms with Gasteiger partial charge in [-0.15, -0.1) is 0 Å². The molecule has 0 aliphatic carbocycles. The lowest BCUT2D eigenvalue weighted by Crippen LogP contribution is -1.94. The second kappa shape index (κ2) is 4.94. The number of hydrogen-bond acceptors (Lipinski definition) is 3. The van der Waals surface area contributed by atoms with E-state index in [0.717, 1.165) is 5.56 Å². The molecule has 1 aromatic carbocycles. The third-order valence-corrected chi connectivity index (χ3v) is 3.06. The van der Waals surface area contributed by atoms with Gasteiger partial charge in [-0.3, -0.25) is 0 Å². The van der Waals surface area contributed by atoms with E-state index >= 15 is 0 Å². The lowest BCUT2D eigenvalue weighted by molar-refractivity contribution is 0.456. The van der Waals surface area contributed by atoms with Crippen LogP contribution in [0.4, 0.5) is 5.69 Å². The first-order valence-electron chi connectivity index (χ1n) is 4.92. The van der Waals surface area contributed by atoms with Crippen molar-refractivity contribution >= 4 is 33.2 Å². The molecule has 0 aliphatic rings. The van der Waals surface area contributed by atoms with Crippen LogP contribution in [0.2, 0.25) is 5.02 Å². The Kier molecular flexibility index (Phi) is 3.54. The number of benzene rings is 1. The number of aryl methyl sites for hydroxylation is 1. The van der Waals surface area contributed by atoms with E-state index in [1.807, 2.05) is 19.1 Å². The molecule has 0 aliphatic heterocycles. The van der Waals surface area contributed by atoms with Gasteiger partial charge in [0.25, 0.3) is 0 Å². The molecule has 0 saturated carbocycles. The number of para-hydroxylation sites is 1. The SMILES string of the molecule is Cc1cccc(Cl)c1Oc1ncc(N)cc1Br. The summed E-state index contributed by atoms with van der Waals surface area (Å²) < 4.78 is 6.37. The maximum absolute atomic E-state index is 6.07. The lowest BCUT2D eigenvalue weighted by atomic mass is 10.2. The highest BCUT2D eigenvalue weighted by molar-refractivity contribution is 9.10. The Morgan fingerprint density at radius 2 is 2.18 bits per heavy atom. The van der Waals surface area contributed by atoms with Crippen molar-refractivity contribution in [3.05, 3.63) is 45.5 Å². The molecule has 0 spiro atoms. The molecule has 88 valence electrons. The minimum Gasteiger partial charge on any atom is -0.436 e. The summed E-state index contributed by atoms with van der Waals surface area (Å²) in [6.45, 7) is 1.92. The van der Waals surface area contributed by atoms with Crippen molar-refractivity contribution in [1.82, 2.24) is 4.98 Å². The van der Waals surface area contributed by atoms with Crippen molar-refractivity contribution in [2.75, 3.05) is 5.73 Å². The van der Waals surface area contributed by atoms with Crippen LogP contribution in [0.1, 0.15) is 5.56 Å². The first kappa shape index (κ1) is 12.2. The predicted molar refractivity (Wildman–Crippen MR) is 72.6 cm³/mol. The van der Waals surface area contributed by atoms with E-state index < -0.39 is 0 Å². The Hall–Kier alpha value is -1.26. The average Bonchev–Trinajstić information content (AvgIpc) is 2.26. The van der Waals surface area contributed by atoms with Gasteiger partial charge >= 0.3 is 0 Å². The largest absolute Gasteiger partial charge is 0.436 e. The molecule has 2 N–H and O–H groups in total. The molecule has 0 saturated heterocycles. The molecular weight excluding hydrogens is 304 g/mol. The second-order valence-electron chi connectivity index (χ2n) is 3.54. The maximum Gasteiger partial charge on any atom is 0.233 e. The van der Waals surface area contributed by atoms with Crippen LogP contribution in [0.3, 0.4) is 0 Å². The van der Waals surface area contributed by atoms with E-state index in [9.17, 15) is 0 Å². The first-order chi connectivity index (χ1) is 8.08. The fourth-order valence-electron chi connectivity index (χ4n) is 1.36. The van der Waals surface area contributed by atoms with Crippen LogP contribution in [0.15, 0.2) is 34.9 Å². The Labute approximate surface area is 113 Å². The van der Waals surface area contributed by atoms with Crippen molar-refractivity contribution < 1.29 is 4.74 Å². The zero-order valence-corrected chi connectivity index (χ0v) is 11.4. The fourth-order valence-corrected chi connectivity index (χ4v) is 2.07. The van der Waals surface area contributed by atoms with Crippen LogP contribution in [-0.4, -0.2) is 4.98 Å². The fraction of sp³-hybridized carbons (Fsp3) is 0.0833. The van der Waals surface area contributed by atoms with Crippen LogP contribution in [0.25, 0.3) is 0 Å². The number of pyridine rings is 1. The quantitative estimate of drug-likeness (QED) is 0.904. The molecule has 0 unspecified atom stereocenters. The van der Waals surface area contributed by atoms with Gasteiger partial charge in [0.2, 0.25) is 5.88 Å². The van der Waals surface area contributed by atoms with Gasteiger partial charge in [-0.25, -0.2) is 4.98 Å². The monoisotopic (exact) mass is 312 g/mol. The van der Waals surface area contributed by atoms with E-state index in [0.29, 0.717) is 26.8 Å². The second-order valence-corrected chi connectivity index (χ2v) is 4.81.